The smallest absolute Gasteiger partial charge is 0.253 e. The molecule has 5 rings (SSSR count). The summed E-state index contributed by atoms with van der Waals surface area (Å²) in [6, 6.07) is 30.7. The van der Waals surface area contributed by atoms with Gasteiger partial charge in [0.1, 0.15) is 17.8 Å². The SMILES string of the molecule is CC(C)=C1C(=O)N[C@H]1O[C@@H]1COC(C)O[C@H]1COC(c1ccccc1)(c1ccccc1)c1ccccc1. The Morgan fingerprint density at radius 3 is 1.86 bits per heavy atom. The summed E-state index contributed by atoms with van der Waals surface area (Å²) in [6.45, 7) is 6.28. The predicted molar refractivity (Wildman–Crippen MR) is 141 cm³/mol. The molecule has 0 bridgehead atoms. The first-order valence-electron chi connectivity index (χ1n) is 12.7. The van der Waals surface area contributed by atoms with E-state index in [9.17, 15) is 4.79 Å². The first-order chi connectivity index (χ1) is 18.0. The molecule has 2 aliphatic rings. The minimum absolute atomic E-state index is 0.0972. The Labute approximate surface area is 218 Å². The number of allylic oxidation sites excluding steroid dienone is 1. The van der Waals surface area contributed by atoms with Crippen molar-refractivity contribution in [2.75, 3.05) is 13.2 Å². The van der Waals surface area contributed by atoms with E-state index < -0.39 is 30.3 Å². The highest BCUT2D eigenvalue weighted by Crippen LogP contribution is 2.41. The maximum atomic E-state index is 12.0. The number of hydrogen-bond donors (Lipinski definition) is 1. The summed E-state index contributed by atoms with van der Waals surface area (Å²) in [5, 5.41) is 2.83. The molecule has 1 N–H and O–H groups in total. The van der Waals surface area contributed by atoms with Crippen LogP contribution in [0.25, 0.3) is 0 Å². The second-order valence-corrected chi connectivity index (χ2v) is 9.61. The molecular formula is C31H33NO5. The van der Waals surface area contributed by atoms with Gasteiger partial charge < -0.3 is 24.3 Å². The van der Waals surface area contributed by atoms with Crippen LogP contribution >= 0.6 is 0 Å². The largest absolute Gasteiger partial charge is 0.358 e. The van der Waals surface area contributed by atoms with Crippen molar-refractivity contribution in [2.45, 2.75) is 51.1 Å². The summed E-state index contributed by atoms with van der Waals surface area (Å²) >= 11 is 0. The average molecular weight is 500 g/mol. The molecule has 2 saturated heterocycles. The fourth-order valence-electron chi connectivity index (χ4n) is 5.04. The molecular weight excluding hydrogens is 466 g/mol. The van der Waals surface area contributed by atoms with Crippen LogP contribution in [0, 0.1) is 0 Å². The number of rotatable bonds is 8. The van der Waals surface area contributed by atoms with Crippen molar-refractivity contribution in [3.8, 4) is 0 Å². The van der Waals surface area contributed by atoms with Crippen LogP contribution in [0.5, 0.6) is 0 Å². The molecule has 4 atom stereocenters. The zero-order valence-electron chi connectivity index (χ0n) is 21.4. The van der Waals surface area contributed by atoms with Crippen molar-refractivity contribution < 1.29 is 23.7 Å². The van der Waals surface area contributed by atoms with Crippen molar-refractivity contribution >= 4 is 5.91 Å². The summed E-state index contributed by atoms with van der Waals surface area (Å²) < 4.78 is 25.2. The first kappa shape index (κ1) is 25.4. The molecule has 0 saturated carbocycles. The Morgan fingerprint density at radius 1 is 0.892 bits per heavy atom. The maximum Gasteiger partial charge on any atom is 0.253 e. The van der Waals surface area contributed by atoms with Crippen LogP contribution in [0.2, 0.25) is 0 Å². The predicted octanol–water partition coefficient (Wildman–Crippen LogP) is 4.93. The monoisotopic (exact) mass is 499 g/mol. The third-order valence-corrected chi connectivity index (χ3v) is 6.90. The maximum absolute atomic E-state index is 12.0. The third-order valence-electron chi connectivity index (χ3n) is 6.90. The Bertz CT molecular complexity index is 1130. The Balaban J connectivity index is 1.49. The fraction of sp³-hybridized carbons (Fsp3) is 0.323. The van der Waals surface area contributed by atoms with Crippen molar-refractivity contribution in [1.29, 1.82) is 0 Å². The van der Waals surface area contributed by atoms with Crippen LogP contribution < -0.4 is 5.32 Å². The standard InChI is InChI=1S/C31H33NO5/c1-21(2)28-29(33)32-30(28)37-26-19-34-22(3)36-27(26)20-35-31(23-13-7-4-8-14-23,24-15-9-5-10-16-24)25-17-11-6-12-18-25/h4-18,22,26-27,30H,19-20H2,1-3H3,(H,32,33)/t22?,26-,27+,30+/m1/s1. The van der Waals surface area contributed by atoms with Gasteiger partial charge in [-0.05, 0) is 37.5 Å². The van der Waals surface area contributed by atoms with Crippen molar-refractivity contribution in [3.05, 3.63) is 119 Å². The lowest BCUT2D eigenvalue weighted by atomic mass is 9.80. The molecule has 0 aromatic heterocycles. The number of amides is 1. The number of benzene rings is 3. The zero-order valence-corrected chi connectivity index (χ0v) is 21.4. The first-order valence-corrected chi connectivity index (χ1v) is 12.7. The fourth-order valence-corrected chi connectivity index (χ4v) is 5.04. The molecule has 0 aliphatic carbocycles. The van der Waals surface area contributed by atoms with Gasteiger partial charge in [0.2, 0.25) is 0 Å². The minimum atomic E-state index is -0.866. The second-order valence-electron chi connectivity index (χ2n) is 9.61. The van der Waals surface area contributed by atoms with Crippen LogP contribution in [0.1, 0.15) is 37.5 Å². The van der Waals surface area contributed by atoms with E-state index in [2.05, 4.69) is 41.7 Å². The lowest BCUT2D eigenvalue weighted by Gasteiger charge is -2.42. The van der Waals surface area contributed by atoms with E-state index in [1.165, 1.54) is 0 Å². The van der Waals surface area contributed by atoms with Gasteiger partial charge in [0.25, 0.3) is 5.91 Å². The Kier molecular flexibility index (Phi) is 7.53. The van der Waals surface area contributed by atoms with Gasteiger partial charge in [0.15, 0.2) is 12.5 Å². The number of nitrogens with one attached hydrogen (secondary N) is 1. The van der Waals surface area contributed by atoms with Crippen molar-refractivity contribution in [2.24, 2.45) is 0 Å². The zero-order chi connectivity index (χ0) is 25.8. The molecule has 0 radical (unpaired) electrons. The Hall–Kier alpha value is -3.29. The van der Waals surface area contributed by atoms with Gasteiger partial charge in [0.05, 0.1) is 18.8 Å². The van der Waals surface area contributed by atoms with E-state index in [0.29, 0.717) is 12.2 Å². The lowest BCUT2D eigenvalue weighted by molar-refractivity contribution is -0.275. The van der Waals surface area contributed by atoms with Crippen molar-refractivity contribution in [3.63, 3.8) is 0 Å². The molecule has 3 aromatic carbocycles. The van der Waals surface area contributed by atoms with Crippen molar-refractivity contribution in [1.82, 2.24) is 5.32 Å². The summed E-state index contributed by atoms with van der Waals surface area (Å²) in [5.41, 5.74) is 3.78. The molecule has 2 fully saturated rings. The molecule has 0 spiro atoms. The van der Waals surface area contributed by atoms with E-state index in [-0.39, 0.29) is 12.5 Å². The highest BCUT2D eigenvalue weighted by molar-refractivity contribution is 6.01. The normalized spacial score (nSPS) is 23.8. The molecule has 1 unspecified atom stereocenters. The number of ether oxygens (including phenoxy) is 4. The molecule has 1 amide bonds. The molecule has 192 valence electrons. The second kappa shape index (κ2) is 11.0. The van der Waals surface area contributed by atoms with E-state index in [4.69, 9.17) is 18.9 Å². The van der Waals surface area contributed by atoms with Crippen LogP contribution in [-0.2, 0) is 29.3 Å². The number of carbonyl (C=O) groups excluding carboxylic acids is 1. The third kappa shape index (κ3) is 5.11. The highest BCUT2D eigenvalue weighted by Gasteiger charge is 2.43. The number of carbonyl (C=O) groups is 1. The van der Waals surface area contributed by atoms with Gasteiger partial charge >= 0.3 is 0 Å². The Morgan fingerprint density at radius 2 is 1.41 bits per heavy atom. The summed E-state index contributed by atoms with van der Waals surface area (Å²) in [6.07, 6.45) is -1.70. The molecule has 3 aromatic rings. The van der Waals surface area contributed by atoms with Gasteiger partial charge in [-0.3, -0.25) is 4.79 Å². The minimum Gasteiger partial charge on any atom is -0.358 e. The van der Waals surface area contributed by atoms with Crippen LogP contribution in [-0.4, -0.2) is 43.8 Å². The highest BCUT2D eigenvalue weighted by atomic mass is 16.7. The number of β-lactam (4-membered cyclic amide) rings is 1. The van der Waals surface area contributed by atoms with Crippen LogP contribution in [0.3, 0.4) is 0 Å². The number of hydrogen-bond acceptors (Lipinski definition) is 5. The lowest BCUT2D eigenvalue weighted by Crippen LogP contribution is -2.58. The summed E-state index contributed by atoms with van der Waals surface area (Å²) in [4.78, 5) is 12.0. The van der Waals surface area contributed by atoms with E-state index in [1.807, 2.05) is 75.4 Å². The van der Waals surface area contributed by atoms with Crippen LogP contribution in [0.15, 0.2) is 102 Å². The molecule has 2 heterocycles. The molecule has 6 nitrogen and oxygen atoms in total. The van der Waals surface area contributed by atoms with Gasteiger partial charge in [-0.1, -0.05) is 96.6 Å². The van der Waals surface area contributed by atoms with Crippen LogP contribution in [0.4, 0.5) is 0 Å². The van der Waals surface area contributed by atoms with Gasteiger partial charge in [-0.25, -0.2) is 0 Å². The average Bonchev–Trinajstić information content (AvgIpc) is 2.91. The van der Waals surface area contributed by atoms with Gasteiger partial charge in [-0.2, -0.15) is 0 Å². The summed E-state index contributed by atoms with van der Waals surface area (Å²) in [7, 11) is 0. The van der Waals surface area contributed by atoms with Gasteiger partial charge in [-0.15, -0.1) is 0 Å². The molecule has 2 aliphatic heterocycles. The molecule has 6 heteroatoms. The summed E-state index contributed by atoms with van der Waals surface area (Å²) in [5.74, 6) is -0.0972. The topological polar surface area (TPSA) is 66.0 Å². The quantitative estimate of drug-likeness (QED) is 0.270. The van der Waals surface area contributed by atoms with E-state index in [1.54, 1.807) is 0 Å². The molecule has 37 heavy (non-hydrogen) atoms. The van der Waals surface area contributed by atoms with E-state index in [0.717, 1.165) is 22.3 Å². The van der Waals surface area contributed by atoms with E-state index >= 15 is 0 Å². The van der Waals surface area contributed by atoms with Gasteiger partial charge in [0, 0.05) is 0 Å².